The molecule has 0 aliphatic rings. The summed E-state index contributed by atoms with van der Waals surface area (Å²) in [5, 5.41) is 35.5. The largest absolute Gasteiger partial charge is 0.481 e. The van der Waals surface area contributed by atoms with Gasteiger partial charge in [-0.3, -0.25) is 38.4 Å². The Kier molecular flexibility index (Phi) is 57.1. The van der Waals surface area contributed by atoms with Gasteiger partial charge in [0.15, 0.2) is 0 Å². The molecule has 0 unspecified atom stereocenters. The van der Waals surface area contributed by atoms with Crippen LogP contribution in [0.3, 0.4) is 0 Å². The van der Waals surface area contributed by atoms with Gasteiger partial charge in [-0.1, -0.05) is 78.9 Å². The summed E-state index contributed by atoms with van der Waals surface area (Å²) in [6.45, 7) is 47.6. The number of esters is 16. The molecule has 0 fully saturated rings. The molecule has 0 aliphatic heterocycles. The zero-order valence-electron chi connectivity index (χ0n) is 76.1. The van der Waals surface area contributed by atoms with E-state index in [1.54, 1.807) is 0 Å². The van der Waals surface area contributed by atoms with Crippen LogP contribution in [0.4, 0.5) is 0 Å². The molecule has 0 saturated carbocycles. The Balaban J connectivity index is -0.00000193. The van der Waals surface area contributed by atoms with E-state index >= 15 is 0 Å². The minimum atomic E-state index is -1.73. The highest BCUT2D eigenvalue weighted by Gasteiger charge is 2.45. The van der Waals surface area contributed by atoms with E-state index in [1.165, 1.54) is 83.1 Å². The average molecular weight is 1860 g/mol. The summed E-state index contributed by atoms with van der Waals surface area (Å²) in [6.07, 6.45) is -4.13. The van der Waals surface area contributed by atoms with Crippen molar-refractivity contribution in [3.05, 3.63) is 146 Å². The van der Waals surface area contributed by atoms with E-state index in [0.29, 0.717) is 0 Å². The maximum Gasteiger partial charge on any atom is 0.333 e. The molecule has 728 valence electrons. The molecule has 0 heterocycles. The number of carboxylic acids is 4. The summed E-state index contributed by atoms with van der Waals surface area (Å²) < 4.78 is 96.3. The van der Waals surface area contributed by atoms with Crippen LogP contribution in [0.1, 0.15) is 134 Å². The highest BCUT2D eigenvalue weighted by atomic mass is 16.6. The van der Waals surface area contributed by atoms with Gasteiger partial charge in [0.1, 0.15) is 111 Å². The first-order valence-electron chi connectivity index (χ1n) is 39.2. The second kappa shape index (κ2) is 61.6. The monoisotopic (exact) mass is 1860 g/mol. The van der Waals surface area contributed by atoms with Crippen LogP contribution in [0.5, 0.6) is 0 Å². The lowest BCUT2D eigenvalue weighted by Gasteiger charge is -2.35. The first-order chi connectivity index (χ1) is 60.6. The quantitative estimate of drug-likeness (QED) is 0.0271. The third-order valence-corrected chi connectivity index (χ3v) is 16.3. The molecule has 0 saturated heterocycles. The first kappa shape index (κ1) is 121. The molecule has 4 N–H and O–H groups in total. The summed E-state index contributed by atoms with van der Waals surface area (Å²) in [6, 6.07) is 0. The van der Waals surface area contributed by atoms with Crippen molar-refractivity contribution in [2.24, 2.45) is 27.1 Å². The number of ether oxygens (including phenoxy) is 18. The van der Waals surface area contributed by atoms with Crippen LogP contribution >= 0.6 is 0 Å². The number of rotatable bonds is 64. The van der Waals surface area contributed by atoms with Crippen LogP contribution in [0, 0.1) is 27.1 Å². The third-order valence-electron chi connectivity index (χ3n) is 16.3. The number of hydrogen-bond donors (Lipinski definition) is 4. The Bertz CT molecular complexity index is 4020. The van der Waals surface area contributed by atoms with Crippen molar-refractivity contribution in [2.75, 3.05) is 132 Å². The van der Waals surface area contributed by atoms with Crippen LogP contribution in [0.2, 0.25) is 0 Å². The Morgan fingerprint density at radius 1 is 0.160 bits per heavy atom. The van der Waals surface area contributed by atoms with Crippen LogP contribution in [0.15, 0.2) is 146 Å². The molecule has 0 bridgehead atoms. The molecule has 0 aromatic carbocycles. The highest BCUT2D eigenvalue weighted by Crippen LogP contribution is 2.31. The van der Waals surface area contributed by atoms with Gasteiger partial charge in [0.05, 0.1) is 99.5 Å². The minimum absolute atomic E-state index is 0.00968. The lowest BCUT2D eigenvalue weighted by atomic mass is 9.90. The van der Waals surface area contributed by atoms with E-state index in [9.17, 15) is 95.9 Å². The number of aliphatic carboxylic acids is 4. The van der Waals surface area contributed by atoms with Crippen LogP contribution < -0.4 is 0 Å². The van der Waals surface area contributed by atoms with Gasteiger partial charge in [-0.2, -0.15) is 0 Å². The van der Waals surface area contributed by atoms with Crippen LogP contribution in [-0.2, 0) is 181 Å². The van der Waals surface area contributed by atoms with Crippen molar-refractivity contribution < 1.29 is 202 Å². The summed E-state index contributed by atoms with van der Waals surface area (Å²) in [5.74, 6) is -18.6. The third kappa shape index (κ3) is 54.9. The smallest absolute Gasteiger partial charge is 0.333 e. The number of hydrogen-bond acceptors (Lipinski definition) is 38. The first-order valence-corrected chi connectivity index (χ1v) is 39.2. The summed E-state index contributed by atoms with van der Waals surface area (Å²) >= 11 is 0. The second-order valence-electron chi connectivity index (χ2n) is 31.0. The van der Waals surface area contributed by atoms with Gasteiger partial charge in [0.25, 0.3) is 0 Å². The van der Waals surface area contributed by atoms with E-state index in [1.807, 2.05) is 0 Å². The Hall–Kier alpha value is -13.8. The van der Waals surface area contributed by atoms with Crippen molar-refractivity contribution in [1.29, 1.82) is 0 Å². The van der Waals surface area contributed by atoms with Gasteiger partial charge in [-0.05, 0) is 83.1 Å². The maximum absolute atomic E-state index is 12.4. The molecule has 0 rings (SSSR count). The number of carbonyl (C=O) groups is 20. The molecule has 0 spiro atoms. The molecule has 0 aromatic heterocycles. The molecule has 0 amide bonds. The molecule has 42 heteroatoms. The lowest BCUT2D eigenvalue weighted by molar-refractivity contribution is -0.176. The lowest BCUT2D eigenvalue weighted by Crippen LogP contribution is -2.47. The van der Waals surface area contributed by atoms with Gasteiger partial charge in [-0.15, -0.1) is 0 Å². The van der Waals surface area contributed by atoms with Crippen molar-refractivity contribution in [1.82, 2.24) is 0 Å². The van der Waals surface area contributed by atoms with Crippen molar-refractivity contribution in [3.8, 4) is 0 Å². The van der Waals surface area contributed by atoms with Crippen molar-refractivity contribution >= 4 is 119 Å². The molecular weight excluding hydrogens is 1740 g/mol. The SMILES string of the molecule is C=C(C)C(=O)OCC(COC(=O)CCC(=O)O)(COC(=O)C(=C)C)COC(=O)C(=C)C.C=C(C)C(=O)OCC(COCC(COC(=O)C(=C)C)(COC(=O)C(=C)C)COC(=O)C(=C)C)(COC(=O)CCC(=O)O)COC(=O)C(=C)C.C=C(C)C(=O)OCC(COCC(COC(=O)C(=C)C)(COC(=O)C(=C)C)COC(=O)C(=C)C)(COC(=O)CCC(=O)O)COC(=O)CCC(=O)O. The fourth-order valence-corrected chi connectivity index (χ4v) is 8.38. The zero-order valence-corrected chi connectivity index (χ0v) is 76.1. The predicted molar refractivity (Wildman–Crippen MR) is 454 cm³/mol. The highest BCUT2D eigenvalue weighted by molar-refractivity contribution is 5.92. The van der Waals surface area contributed by atoms with E-state index in [2.05, 4.69) is 78.9 Å². The van der Waals surface area contributed by atoms with E-state index in [-0.39, 0.29) is 66.9 Å². The molecule has 42 nitrogen and oxygen atoms in total. The standard InChI is InChI=1S/C34H46O17.C34H46O15.C21H28O10/c1-21(2)29(41)48-17-33(15-46-27(39)11-9-25(35)36,16-47-28(40)12-10-26(37)38)13-45-14-34(18-49-30(42)22(3)4,19-50-31(43)23(5)6)20-51-32(44)24(7)8;1-21(2)28(38)45-16-33(17-46-29(39)22(3)4,15-44-27(37)12-11-26(35)36)13-43-14-34(18-47-30(40)23(5)6,19-48-31(41)24(7)8)20-49-32(42)25(9)10;1-13(2)18(25)29-10-21(11-30-19(26)14(3)4,12-31-20(27)15(5)6)9-28-17(24)8-7-16(22)23/h1,3,5,7,9-20H2,2,4,6,8H3,(H,35,36)(H,37,38);1,3,5,7,9,11-20H2,2,4,6,8,10H3,(H,35,36);1,3,5,7-12H2,2,4,6H3,(H,22,23). The van der Waals surface area contributed by atoms with Crippen LogP contribution in [-0.4, -0.2) is 272 Å². The zero-order chi connectivity index (χ0) is 102. The summed E-state index contributed by atoms with van der Waals surface area (Å²) in [4.78, 5) is 240. The van der Waals surface area contributed by atoms with Gasteiger partial charge in [-0.25, -0.2) is 57.5 Å². The Morgan fingerprint density at radius 2 is 0.252 bits per heavy atom. The predicted octanol–water partition coefficient (Wildman–Crippen LogP) is 6.99. The molecule has 0 aliphatic carbocycles. The van der Waals surface area contributed by atoms with E-state index in [0.717, 1.165) is 0 Å². The molecular formula is C89H120O42. The Labute approximate surface area is 757 Å². The molecule has 0 aromatic rings. The minimum Gasteiger partial charge on any atom is -0.481 e. The Morgan fingerprint density at radius 3 is 0.344 bits per heavy atom. The molecule has 0 atom stereocenters. The van der Waals surface area contributed by atoms with E-state index < -0.39 is 330 Å². The fraction of sp³-hybridized carbons (Fsp3) is 0.506. The average Bonchev–Trinajstić information content (AvgIpc) is 0.852. The second-order valence-corrected chi connectivity index (χ2v) is 31.0. The molecule has 131 heavy (non-hydrogen) atoms. The molecule has 0 radical (unpaired) electrons. The van der Waals surface area contributed by atoms with Crippen LogP contribution in [0.25, 0.3) is 0 Å². The van der Waals surface area contributed by atoms with Crippen molar-refractivity contribution in [3.63, 3.8) is 0 Å². The van der Waals surface area contributed by atoms with Crippen molar-refractivity contribution in [2.45, 2.75) is 134 Å². The fourth-order valence-electron chi connectivity index (χ4n) is 8.38. The normalized spacial score (nSPS) is 10.8. The van der Waals surface area contributed by atoms with Gasteiger partial charge in [0, 0.05) is 66.9 Å². The number of carboxylic acid groups (broad SMARTS) is 4. The van der Waals surface area contributed by atoms with Gasteiger partial charge in [0.2, 0.25) is 0 Å². The van der Waals surface area contributed by atoms with E-state index in [4.69, 9.17) is 106 Å². The maximum atomic E-state index is 12.4. The summed E-state index contributed by atoms with van der Waals surface area (Å²) in [7, 11) is 0. The van der Waals surface area contributed by atoms with Gasteiger partial charge >= 0.3 is 119 Å². The number of carbonyl (C=O) groups excluding carboxylic acids is 16. The van der Waals surface area contributed by atoms with Gasteiger partial charge < -0.3 is 106 Å². The summed E-state index contributed by atoms with van der Waals surface area (Å²) in [5.41, 5.74) is -7.62. The topological polar surface area (TPSA) is 588 Å².